The number of rotatable bonds is 5. The second kappa shape index (κ2) is 6.11. The highest BCUT2D eigenvalue weighted by atomic mass is 32.1. The van der Waals surface area contributed by atoms with E-state index < -0.39 is 5.97 Å². The molecule has 1 aromatic heterocycles. The summed E-state index contributed by atoms with van der Waals surface area (Å²) in [6, 6.07) is 0. The predicted octanol–water partition coefficient (Wildman–Crippen LogP) is 3.04. The van der Waals surface area contributed by atoms with Crippen LogP contribution >= 0.6 is 11.3 Å². The molecule has 2 rings (SSSR count). The van der Waals surface area contributed by atoms with Crippen LogP contribution in [-0.2, 0) is 16.0 Å². The average molecular weight is 267 g/mol. The van der Waals surface area contributed by atoms with Crippen molar-refractivity contribution >= 4 is 23.4 Å². The molecule has 1 unspecified atom stereocenters. The molecule has 1 aromatic rings. The highest BCUT2D eigenvalue weighted by molar-refractivity contribution is 7.12. The van der Waals surface area contributed by atoms with E-state index in [-0.39, 0.29) is 6.10 Å². The third kappa shape index (κ3) is 3.17. The summed E-state index contributed by atoms with van der Waals surface area (Å²) in [4.78, 5) is 16.1. The van der Waals surface area contributed by atoms with Gasteiger partial charge in [0.05, 0.1) is 10.6 Å². The number of carbonyl (C=O) groups is 1. The van der Waals surface area contributed by atoms with Gasteiger partial charge in [0.2, 0.25) is 0 Å². The van der Waals surface area contributed by atoms with Gasteiger partial charge in [0.15, 0.2) is 0 Å². The fraction of sp³-hybridized carbons (Fsp3) is 0.538. The summed E-state index contributed by atoms with van der Waals surface area (Å²) >= 11 is 1.55. The predicted molar refractivity (Wildman–Crippen MR) is 70.7 cm³/mol. The molecular weight excluding hydrogens is 250 g/mol. The van der Waals surface area contributed by atoms with Gasteiger partial charge >= 0.3 is 5.97 Å². The van der Waals surface area contributed by atoms with Crippen LogP contribution in [0.5, 0.6) is 0 Å². The fourth-order valence-electron chi connectivity index (χ4n) is 1.99. The molecule has 0 aliphatic carbocycles. The monoisotopic (exact) mass is 267 g/mol. The van der Waals surface area contributed by atoms with Gasteiger partial charge in [0, 0.05) is 12.7 Å². The second-order valence-electron chi connectivity index (χ2n) is 4.29. The van der Waals surface area contributed by atoms with E-state index in [1.54, 1.807) is 17.4 Å². The number of carboxylic acids is 1. The minimum absolute atomic E-state index is 0.109. The van der Waals surface area contributed by atoms with Crippen LogP contribution in [0.25, 0.3) is 6.08 Å². The maximum absolute atomic E-state index is 10.6. The number of aromatic nitrogens is 1. The number of carboxylic acid groups (broad SMARTS) is 1. The lowest BCUT2D eigenvalue weighted by Crippen LogP contribution is -1.95. The van der Waals surface area contributed by atoms with Crippen LogP contribution in [-0.4, -0.2) is 22.7 Å². The van der Waals surface area contributed by atoms with Crippen molar-refractivity contribution in [3.8, 4) is 0 Å². The zero-order valence-electron chi connectivity index (χ0n) is 10.4. The number of thiazole rings is 1. The molecule has 1 aliphatic rings. The van der Waals surface area contributed by atoms with Gasteiger partial charge in [-0.15, -0.1) is 11.3 Å². The van der Waals surface area contributed by atoms with Crippen LogP contribution in [0.1, 0.15) is 47.9 Å². The second-order valence-corrected chi connectivity index (χ2v) is 5.35. The smallest absolute Gasteiger partial charge is 0.328 e. The molecule has 4 nitrogen and oxygen atoms in total. The highest BCUT2D eigenvalue weighted by Gasteiger charge is 2.22. The van der Waals surface area contributed by atoms with Crippen LogP contribution in [0.15, 0.2) is 6.08 Å². The van der Waals surface area contributed by atoms with Crippen molar-refractivity contribution in [2.24, 2.45) is 0 Å². The molecule has 2 heterocycles. The van der Waals surface area contributed by atoms with Crippen molar-refractivity contribution in [3.63, 3.8) is 0 Å². The standard InChI is InChI=1S/C13H17NO3S/c1-2-4-9-11(6-7-12(15)16)18-13(14-9)10-5-3-8-17-10/h6-7,10H,2-5,8H2,1H3,(H,15,16)/b7-6+. The zero-order chi connectivity index (χ0) is 13.0. The number of hydrogen-bond donors (Lipinski definition) is 1. The number of aryl methyl sites for hydroxylation is 1. The Labute approximate surface area is 110 Å². The molecule has 0 saturated carbocycles. The van der Waals surface area contributed by atoms with E-state index in [4.69, 9.17) is 9.84 Å². The first-order valence-electron chi connectivity index (χ1n) is 6.23. The van der Waals surface area contributed by atoms with Crippen LogP contribution in [0, 0.1) is 0 Å². The Hall–Kier alpha value is -1.20. The van der Waals surface area contributed by atoms with Crippen molar-refractivity contribution in [2.45, 2.75) is 38.7 Å². The summed E-state index contributed by atoms with van der Waals surface area (Å²) < 4.78 is 5.62. The molecule has 0 spiro atoms. The van der Waals surface area contributed by atoms with E-state index in [9.17, 15) is 4.79 Å². The van der Waals surface area contributed by atoms with E-state index >= 15 is 0 Å². The number of nitrogens with zero attached hydrogens (tertiary/aromatic N) is 1. The summed E-state index contributed by atoms with van der Waals surface area (Å²) in [7, 11) is 0. The van der Waals surface area contributed by atoms with E-state index in [1.807, 2.05) is 0 Å². The van der Waals surface area contributed by atoms with Crippen molar-refractivity contribution in [3.05, 3.63) is 21.7 Å². The quantitative estimate of drug-likeness (QED) is 0.833. The van der Waals surface area contributed by atoms with Crippen molar-refractivity contribution < 1.29 is 14.6 Å². The Morgan fingerprint density at radius 3 is 3.11 bits per heavy atom. The Balaban J connectivity index is 2.22. The molecule has 18 heavy (non-hydrogen) atoms. The van der Waals surface area contributed by atoms with E-state index in [1.165, 1.54) is 6.08 Å². The SMILES string of the molecule is CCCc1nc(C2CCCO2)sc1/C=C/C(=O)O. The third-order valence-electron chi connectivity index (χ3n) is 2.81. The summed E-state index contributed by atoms with van der Waals surface area (Å²) in [5.41, 5.74) is 0.991. The van der Waals surface area contributed by atoms with Crippen molar-refractivity contribution in [2.75, 3.05) is 6.61 Å². The fourth-order valence-corrected chi connectivity index (χ4v) is 3.09. The molecule has 1 N–H and O–H groups in total. The van der Waals surface area contributed by atoms with E-state index in [2.05, 4.69) is 11.9 Å². The van der Waals surface area contributed by atoms with Gasteiger partial charge < -0.3 is 9.84 Å². The molecule has 1 fully saturated rings. The molecule has 0 radical (unpaired) electrons. The van der Waals surface area contributed by atoms with Gasteiger partial charge in [0.25, 0.3) is 0 Å². The summed E-state index contributed by atoms with van der Waals surface area (Å²) in [5, 5.41) is 9.67. The minimum atomic E-state index is -0.926. The summed E-state index contributed by atoms with van der Waals surface area (Å²) in [5.74, 6) is -0.926. The van der Waals surface area contributed by atoms with Gasteiger partial charge in [-0.2, -0.15) is 0 Å². The summed E-state index contributed by atoms with van der Waals surface area (Å²) in [6.45, 7) is 2.89. The van der Waals surface area contributed by atoms with Crippen LogP contribution < -0.4 is 0 Å². The Kier molecular flexibility index (Phi) is 4.49. The molecule has 0 aromatic carbocycles. The van der Waals surface area contributed by atoms with Crippen molar-refractivity contribution in [1.29, 1.82) is 0 Å². The minimum Gasteiger partial charge on any atom is -0.478 e. The molecule has 1 atom stereocenters. The van der Waals surface area contributed by atoms with Gasteiger partial charge in [-0.25, -0.2) is 9.78 Å². The molecule has 1 aliphatic heterocycles. The first-order chi connectivity index (χ1) is 8.70. The van der Waals surface area contributed by atoms with Crippen LogP contribution in [0.2, 0.25) is 0 Å². The molecule has 98 valence electrons. The number of aliphatic carboxylic acids is 1. The Morgan fingerprint density at radius 1 is 1.67 bits per heavy atom. The molecule has 0 bridgehead atoms. The largest absolute Gasteiger partial charge is 0.478 e. The average Bonchev–Trinajstić information content (AvgIpc) is 2.95. The Bertz CT molecular complexity index is 447. The maximum Gasteiger partial charge on any atom is 0.328 e. The lowest BCUT2D eigenvalue weighted by atomic mass is 10.2. The van der Waals surface area contributed by atoms with E-state index in [0.717, 1.165) is 47.9 Å². The van der Waals surface area contributed by atoms with Crippen LogP contribution in [0.3, 0.4) is 0 Å². The molecule has 0 amide bonds. The first kappa shape index (κ1) is 13.2. The van der Waals surface area contributed by atoms with E-state index in [0.29, 0.717) is 0 Å². The Morgan fingerprint density at radius 2 is 2.50 bits per heavy atom. The maximum atomic E-state index is 10.6. The van der Waals surface area contributed by atoms with Gasteiger partial charge in [-0.1, -0.05) is 13.3 Å². The van der Waals surface area contributed by atoms with Gasteiger partial charge in [-0.3, -0.25) is 0 Å². The molecule has 5 heteroatoms. The molecular formula is C13H17NO3S. The first-order valence-corrected chi connectivity index (χ1v) is 7.04. The third-order valence-corrected chi connectivity index (χ3v) is 3.97. The zero-order valence-corrected chi connectivity index (χ0v) is 11.2. The van der Waals surface area contributed by atoms with Crippen molar-refractivity contribution in [1.82, 2.24) is 4.98 Å². The van der Waals surface area contributed by atoms with Gasteiger partial charge in [-0.05, 0) is 25.3 Å². The number of ether oxygens (including phenoxy) is 1. The lowest BCUT2D eigenvalue weighted by Gasteiger charge is -2.03. The number of hydrogen-bond acceptors (Lipinski definition) is 4. The normalized spacial score (nSPS) is 19.7. The highest BCUT2D eigenvalue weighted by Crippen LogP contribution is 2.33. The lowest BCUT2D eigenvalue weighted by molar-refractivity contribution is -0.131. The molecule has 1 saturated heterocycles. The summed E-state index contributed by atoms with van der Waals surface area (Å²) in [6.07, 6.45) is 6.90. The van der Waals surface area contributed by atoms with Gasteiger partial charge in [0.1, 0.15) is 11.1 Å². The topological polar surface area (TPSA) is 59.4 Å². The van der Waals surface area contributed by atoms with Crippen LogP contribution in [0.4, 0.5) is 0 Å².